The molecule has 0 radical (unpaired) electrons. The van der Waals surface area contributed by atoms with E-state index in [0.717, 1.165) is 5.56 Å². The van der Waals surface area contributed by atoms with Crippen LogP contribution in [0.2, 0.25) is 5.02 Å². The summed E-state index contributed by atoms with van der Waals surface area (Å²) in [4.78, 5) is 14.9. The van der Waals surface area contributed by atoms with Crippen molar-refractivity contribution in [1.29, 1.82) is 0 Å². The molecule has 0 saturated heterocycles. The van der Waals surface area contributed by atoms with Crippen molar-refractivity contribution < 1.29 is 14.4 Å². The average Bonchev–Trinajstić information content (AvgIpc) is 2.77. The summed E-state index contributed by atoms with van der Waals surface area (Å²) in [6.45, 7) is 1.59. The van der Waals surface area contributed by atoms with Gasteiger partial charge in [-0.3, -0.25) is 4.79 Å². The van der Waals surface area contributed by atoms with Crippen molar-refractivity contribution in [3.8, 4) is 11.4 Å². The van der Waals surface area contributed by atoms with Crippen LogP contribution in [0.25, 0.3) is 11.4 Å². The molecule has 0 aliphatic rings. The summed E-state index contributed by atoms with van der Waals surface area (Å²) < 4.78 is 5.01. The summed E-state index contributed by atoms with van der Waals surface area (Å²) in [7, 11) is 0. The fourth-order valence-electron chi connectivity index (χ4n) is 1.43. The van der Waals surface area contributed by atoms with Gasteiger partial charge < -0.3 is 9.63 Å². The topological polar surface area (TPSA) is 76.2 Å². The highest BCUT2D eigenvalue weighted by atomic mass is 35.5. The van der Waals surface area contributed by atoms with Gasteiger partial charge in [-0.05, 0) is 12.1 Å². The molecule has 0 fully saturated rings. The standard InChI is InChI=1S/C12H11ClN2O3/c1-7(12(16)17)5-10-14-11(15-18-10)8-3-2-4-9(13)6-8/h2-4,6-7H,5H2,1H3,(H,16,17). The average molecular weight is 267 g/mol. The molecule has 0 aliphatic heterocycles. The van der Waals surface area contributed by atoms with E-state index in [0.29, 0.717) is 16.7 Å². The van der Waals surface area contributed by atoms with Crippen molar-refractivity contribution in [2.24, 2.45) is 5.92 Å². The van der Waals surface area contributed by atoms with Crippen LogP contribution in [0, 0.1) is 5.92 Å². The molecule has 1 unspecified atom stereocenters. The van der Waals surface area contributed by atoms with Crippen LogP contribution in [0.3, 0.4) is 0 Å². The molecule has 1 aromatic heterocycles. The second kappa shape index (κ2) is 5.18. The van der Waals surface area contributed by atoms with Gasteiger partial charge in [0.2, 0.25) is 11.7 Å². The maximum Gasteiger partial charge on any atom is 0.306 e. The van der Waals surface area contributed by atoms with Crippen molar-refractivity contribution in [2.75, 3.05) is 0 Å². The lowest BCUT2D eigenvalue weighted by atomic mass is 10.1. The van der Waals surface area contributed by atoms with Crippen LogP contribution in [0.1, 0.15) is 12.8 Å². The molecule has 1 heterocycles. The summed E-state index contributed by atoms with van der Waals surface area (Å²) in [5.41, 5.74) is 0.737. The van der Waals surface area contributed by atoms with Crippen molar-refractivity contribution in [3.05, 3.63) is 35.2 Å². The summed E-state index contributed by atoms with van der Waals surface area (Å²) >= 11 is 5.86. The third-order valence-electron chi connectivity index (χ3n) is 2.45. The van der Waals surface area contributed by atoms with Gasteiger partial charge in [0.1, 0.15) is 0 Å². The lowest BCUT2D eigenvalue weighted by Gasteiger charge is -1.99. The van der Waals surface area contributed by atoms with Gasteiger partial charge in [-0.15, -0.1) is 0 Å². The van der Waals surface area contributed by atoms with Gasteiger partial charge in [-0.1, -0.05) is 35.8 Å². The van der Waals surface area contributed by atoms with E-state index in [-0.39, 0.29) is 6.42 Å². The van der Waals surface area contributed by atoms with Crippen LogP contribution < -0.4 is 0 Å². The van der Waals surface area contributed by atoms with Gasteiger partial charge in [0.25, 0.3) is 0 Å². The number of halogens is 1. The normalized spacial score (nSPS) is 12.3. The fourth-order valence-corrected chi connectivity index (χ4v) is 1.62. The molecule has 6 heteroatoms. The summed E-state index contributed by atoms with van der Waals surface area (Å²) in [5, 5.41) is 13.2. The quantitative estimate of drug-likeness (QED) is 0.921. The monoisotopic (exact) mass is 266 g/mol. The molecule has 1 atom stereocenters. The molecule has 2 aromatic rings. The zero-order valence-corrected chi connectivity index (χ0v) is 10.4. The Bertz CT molecular complexity index is 568. The maximum atomic E-state index is 10.7. The van der Waals surface area contributed by atoms with E-state index in [9.17, 15) is 4.79 Å². The van der Waals surface area contributed by atoms with Crippen LogP contribution >= 0.6 is 11.6 Å². The Kier molecular flexibility index (Phi) is 3.62. The first-order valence-corrected chi connectivity index (χ1v) is 5.75. The number of hydrogen-bond donors (Lipinski definition) is 1. The van der Waals surface area contributed by atoms with E-state index in [1.165, 1.54) is 0 Å². The maximum absolute atomic E-state index is 10.7. The van der Waals surface area contributed by atoms with Crippen molar-refractivity contribution in [3.63, 3.8) is 0 Å². The van der Waals surface area contributed by atoms with Crippen LogP contribution in [-0.4, -0.2) is 21.2 Å². The number of nitrogens with zero attached hydrogens (tertiary/aromatic N) is 2. The predicted octanol–water partition coefficient (Wildman–Crippen LogP) is 2.65. The molecule has 1 N–H and O–H groups in total. The molecule has 0 amide bonds. The van der Waals surface area contributed by atoms with E-state index in [1.54, 1.807) is 31.2 Å². The number of hydrogen-bond acceptors (Lipinski definition) is 4. The number of carboxylic acid groups (broad SMARTS) is 1. The van der Waals surface area contributed by atoms with Crippen LogP contribution in [0.5, 0.6) is 0 Å². The molecule has 94 valence electrons. The van der Waals surface area contributed by atoms with Crippen molar-refractivity contribution >= 4 is 17.6 Å². The Morgan fingerprint density at radius 3 is 3.00 bits per heavy atom. The highest BCUT2D eigenvalue weighted by Crippen LogP contribution is 2.20. The second-order valence-electron chi connectivity index (χ2n) is 3.97. The Morgan fingerprint density at radius 1 is 1.56 bits per heavy atom. The Balaban J connectivity index is 2.18. The zero-order chi connectivity index (χ0) is 13.1. The fraction of sp³-hybridized carbons (Fsp3) is 0.250. The van der Waals surface area contributed by atoms with Gasteiger partial charge >= 0.3 is 5.97 Å². The molecule has 0 aliphatic carbocycles. The number of aromatic nitrogens is 2. The molecule has 0 bridgehead atoms. The van der Waals surface area contributed by atoms with Crippen LogP contribution in [0.4, 0.5) is 0 Å². The van der Waals surface area contributed by atoms with Crippen molar-refractivity contribution in [2.45, 2.75) is 13.3 Å². The number of rotatable bonds is 4. The first-order chi connectivity index (χ1) is 8.56. The number of carboxylic acids is 1. The SMILES string of the molecule is CC(Cc1nc(-c2cccc(Cl)c2)no1)C(=O)O. The van der Waals surface area contributed by atoms with Crippen molar-refractivity contribution in [1.82, 2.24) is 10.1 Å². The van der Waals surface area contributed by atoms with Gasteiger partial charge in [-0.2, -0.15) is 4.98 Å². The minimum atomic E-state index is -0.891. The second-order valence-corrected chi connectivity index (χ2v) is 4.40. The molecule has 1 aromatic carbocycles. The Labute approximate surface area is 108 Å². The number of benzene rings is 1. The number of carbonyl (C=O) groups is 1. The number of aliphatic carboxylic acids is 1. The van der Waals surface area contributed by atoms with Gasteiger partial charge in [0, 0.05) is 17.0 Å². The lowest BCUT2D eigenvalue weighted by Crippen LogP contribution is -2.12. The third kappa shape index (κ3) is 2.87. The Hall–Kier alpha value is -1.88. The van der Waals surface area contributed by atoms with Crippen LogP contribution in [-0.2, 0) is 11.2 Å². The first kappa shape index (κ1) is 12.6. The summed E-state index contributed by atoms with van der Waals surface area (Å²) in [6, 6.07) is 7.06. The van der Waals surface area contributed by atoms with Gasteiger partial charge in [0.15, 0.2) is 0 Å². The van der Waals surface area contributed by atoms with E-state index >= 15 is 0 Å². The molecular weight excluding hydrogens is 256 g/mol. The molecule has 5 nitrogen and oxygen atoms in total. The molecule has 18 heavy (non-hydrogen) atoms. The summed E-state index contributed by atoms with van der Waals surface area (Å²) in [6.07, 6.45) is 0.211. The lowest BCUT2D eigenvalue weighted by molar-refractivity contribution is -0.141. The van der Waals surface area contributed by atoms with Gasteiger partial charge in [0.05, 0.1) is 5.92 Å². The smallest absolute Gasteiger partial charge is 0.306 e. The molecule has 0 saturated carbocycles. The summed E-state index contributed by atoms with van der Waals surface area (Å²) in [5.74, 6) is -0.736. The minimum Gasteiger partial charge on any atom is -0.481 e. The van der Waals surface area contributed by atoms with E-state index in [2.05, 4.69) is 10.1 Å². The minimum absolute atomic E-state index is 0.211. The molecule has 0 spiro atoms. The first-order valence-electron chi connectivity index (χ1n) is 5.37. The van der Waals surface area contributed by atoms with Crippen LogP contribution in [0.15, 0.2) is 28.8 Å². The molecular formula is C12H11ClN2O3. The highest BCUT2D eigenvalue weighted by Gasteiger charge is 2.16. The predicted molar refractivity (Wildman–Crippen MR) is 65.2 cm³/mol. The third-order valence-corrected chi connectivity index (χ3v) is 2.69. The zero-order valence-electron chi connectivity index (χ0n) is 9.63. The van der Waals surface area contributed by atoms with E-state index in [4.69, 9.17) is 21.2 Å². The Morgan fingerprint density at radius 2 is 2.33 bits per heavy atom. The van der Waals surface area contributed by atoms with E-state index in [1.807, 2.05) is 0 Å². The van der Waals surface area contributed by atoms with E-state index < -0.39 is 11.9 Å². The highest BCUT2D eigenvalue weighted by molar-refractivity contribution is 6.30. The largest absolute Gasteiger partial charge is 0.481 e. The molecule has 2 rings (SSSR count). The van der Waals surface area contributed by atoms with Gasteiger partial charge in [-0.25, -0.2) is 0 Å².